The zero-order valence-electron chi connectivity index (χ0n) is 14.7. The average molecular weight is 348 g/mol. The summed E-state index contributed by atoms with van der Waals surface area (Å²) in [4.78, 5) is 1.21. The first kappa shape index (κ1) is 18.7. The molecule has 0 saturated carbocycles. The maximum atomic E-state index is 13.7. The maximum Gasteiger partial charge on any atom is 0.119 e. The number of halogens is 1. The van der Waals surface area contributed by atoms with Crippen molar-refractivity contribution >= 4 is 11.9 Å². The van der Waals surface area contributed by atoms with Gasteiger partial charge in [-0.3, -0.25) is 8.99 Å². The fraction of sp³-hybridized carbons (Fsp3) is 0.389. The minimum atomic E-state index is -0.251. The van der Waals surface area contributed by atoms with E-state index in [1.807, 2.05) is 27.9 Å². The first-order valence-electron chi connectivity index (χ1n) is 7.92. The van der Waals surface area contributed by atoms with Crippen molar-refractivity contribution in [3.63, 3.8) is 0 Å². The van der Waals surface area contributed by atoms with E-state index in [-0.39, 0.29) is 18.9 Å². The number of aromatic nitrogens is 2. The molecule has 0 atom stereocenters. The lowest BCUT2D eigenvalue weighted by molar-refractivity contribution is 0.517. The van der Waals surface area contributed by atoms with Gasteiger partial charge in [0.25, 0.3) is 0 Å². The number of hydrogen-bond donors (Lipinski definition) is 1. The average Bonchev–Trinajstić information content (AvgIpc) is 2.75. The molecule has 0 bridgehead atoms. The Labute approximate surface area is 147 Å². The highest BCUT2D eigenvalue weighted by molar-refractivity contribution is 7.97. The first-order valence-corrected chi connectivity index (χ1v) is 8.69. The van der Waals surface area contributed by atoms with E-state index >= 15 is 0 Å². The van der Waals surface area contributed by atoms with E-state index in [2.05, 4.69) is 33.7 Å². The van der Waals surface area contributed by atoms with Gasteiger partial charge in [0.05, 0.1) is 12.2 Å². The molecular formula is C18H25FN4S. The van der Waals surface area contributed by atoms with Crippen LogP contribution in [0.5, 0.6) is 0 Å². The molecule has 24 heavy (non-hydrogen) atoms. The standard InChI is InChI=1S/C18H25FN4S/c1-13-18(14(2)23(21-13)12-16(19)8-9-20)11-15-6-5-7-17(10-15)24-22(3)4/h5-8,10H,9,11-12,20H2,1-4H3/b16-8-. The summed E-state index contributed by atoms with van der Waals surface area (Å²) >= 11 is 1.69. The molecule has 2 rings (SSSR count). The van der Waals surface area contributed by atoms with Gasteiger partial charge in [0.15, 0.2) is 0 Å². The van der Waals surface area contributed by atoms with E-state index in [0.717, 1.165) is 23.4 Å². The van der Waals surface area contributed by atoms with Gasteiger partial charge in [-0.15, -0.1) is 0 Å². The van der Waals surface area contributed by atoms with Crippen LogP contribution >= 0.6 is 11.9 Å². The predicted molar refractivity (Wildman–Crippen MR) is 98.7 cm³/mol. The summed E-state index contributed by atoms with van der Waals surface area (Å²) in [6, 6.07) is 8.48. The highest BCUT2D eigenvalue weighted by Crippen LogP contribution is 2.24. The third-order valence-electron chi connectivity index (χ3n) is 3.74. The summed E-state index contributed by atoms with van der Waals surface area (Å²) in [6.07, 6.45) is 2.18. The maximum absolute atomic E-state index is 13.7. The Morgan fingerprint density at radius 2 is 2.12 bits per heavy atom. The Morgan fingerprint density at radius 1 is 1.38 bits per heavy atom. The van der Waals surface area contributed by atoms with Gasteiger partial charge < -0.3 is 5.73 Å². The predicted octanol–water partition coefficient (Wildman–Crippen LogP) is 3.47. The molecule has 0 aliphatic heterocycles. The molecule has 2 aromatic rings. The fourth-order valence-electron chi connectivity index (χ4n) is 2.61. The molecule has 0 spiro atoms. The van der Waals surface area contributed by atoms with Crippen molar-refractivity contribution in [2.45, 2.75) is 31.7 Å². The van der Waals surface area contributed by atoms with E-state index in [4.69, 9.17) is 5.73 Å². The summed E-state index contributed by atoms with van der Waals surface area (Å²) in [5.41, 5.74) is 9.68. The smallest absolute Gasteiger partial charge is 0.119 e. The molecule has 0 amide bonds. The number of aryl methyl sites for hydroxylation is 1. The molecule has 0 unspecified atom stereocenters. The number of benzene rings is 1. The Balaban J connectivity index is 2.21. The molecule has 0 saturated heterocycles. The molecule has 1 heterocycles. The number of hydrogen-bond acceptors (Lipinski definition) is 4. The highest BCUT2D eigenvalue weighted by Gasteiger charge is 2.13. The van der Waals surface area contributed by atoms with E-state index in [9.17, 15) is 4.39 Å². The van der Waals surface area contributed by atoms with Crippen molar-refractivity contribution in [1.82, 2.24) is 14.1 Å². The first-order chi connectivity index (χ1) is 11.4. The number of rotatable bonds is 7. The molecule has 0 aliphatic carbocycles. The normalized spacial score (nSPS) is 12.2. The topological polar surface area (TPSA) is 47.1 Å². The van der Waals surface area contributed by atoms with E-state index < -0.39 is 0 Å². The van der Waals surface area contributed by atoms with Gasteiger partial charge in [-0.05, 0) is 63.7 Å². The van der Waals surface area contributed by atoms with E-state index in [1.165, 1.54) is 16.5 Å². The molecule has 4 nitrogen and oxygen atoms in total. The van der Waals surface area contributed by atoms with Crippen molar-refractivity contribution in [1.29, 1.82) is 0 Å². The second-order valence-corrected chi connectivity index (χ2v) is 7.31. The SMILES string of the molecule is Cc1nn(C/C(F)=C/CN)c(C)c1Cc1cccc(SN(C)C)c1. The van der Waals surface area contributed by atoms with Gasteiger partial charge in [-0.1, -0.05) is 12.1 Å². The van der Waals surface area contributed by atoms with E-state index in [1.54, 1.807) is 16.6 Å². The molecular weight excluding hydrogens is 323 g/mol. The monoisotopic (exact) mass is 348 g/mol. The molecule has 0 radical (unpaired) electrons. The van der Waals surface area contributed by atoms with Crippen molar-refractivity contribution in [2.75, 3.05) is 20.6 Å². The second-order valence-electron chi connectivity index (χ2n) is 5.92. The van der Waals surface area contributed by atoms with Gasteiger partial charge in [-0.2, -0.15) is 5.10 Å². The van der Waals surface area contributed by atoms with Crippen LogP contribution in [0.2, 0.25) is 0 Å². The van der Waals surface area contributed by atoms with Crippen LogP contribution in [0.4, 0.5) is 4.39 Å². The fourth-order valence-corrected chi connectivity index (χ4v) is 3.37. The van der Waals surface area contributed by atoms with Crippen molar-refractivity contribution in [3.8, 4) is 0 Å². The summed E-state index contributed by atoms with van der Waals surface area (Å²) < 4.78 is 17.5. The third-order valence-corrected chi connectivity index (χ3v) is 4.57. The van der Waals surface area contributed by atoms with Gasteiger partial charge >= 0.3 is 0 Å². The molecule has 0 aliphatic rings. The van der Waals surface area contributed by atoms with Crippen LogP contribution < -0.4 is 5.73 Å². The highest BCUT2D eigenvalue weighted by atomic mass is 32.2. The Morgan fingerprint density at radius 3 is 2.79 bits per heavy atom. The van der Waals surface area contributed by atoms with Gasteiger partial charge in [-0.25, -0.2) is 4.39 Å². The lowest BCUT2D eigenvalue weighted by atomic mass is 10.0. The van der Waals surface area contributed by atoms with Gasteiger partial charge in [0.1, 0.15) is 5.83 Å². The van der Waals surface area contributed by atoms with Crippen LogP contribution in [0.3, 0.4) is 0 Å². The minimum absolute atomic E-state index is 0.139. The lowest BCUT2D eigenvalue weighted by Crippen LogP contribution is -2.05. The van der Waals surface area contributed by atoms with Crippen molar-refractivity contribution in [3.05, 3.63) is 58.7 Å². The zero-order chi connectivity index (χ0) is 17.7. The molecule has 1 aromatic heterocycles. The summed E-state index contributed by atoms with van der Waals surface area (Å²) in [7, 11) is 4.05. The van der Waals surface area contributed by atoms with Gasteiger partial charge in [0, 0.05) is 29.1 Å². The van der Waals surface area contributed by atoms with Crippen LogP contribution in [-0.4, -0.2) is 34.7 Å². The van der Waals surface area contributed by atoms with Crippen LogP contribution in [0.15, 0.2) is 41.1 Å². The summed E-state index contributed by atoms with van der Waals surface area (Å²) in [5, 5.41) is 4.48. The van der Waals surface area contributed by atoms with Crippen LogP contribution in [0.25, 0.3) is 0 Å². The third kappa shape index (κ3) is 4.93. The van der Waals surface area contributed by atoms with Crippen LogP contribution in [-0.2, 0) is 13.0 Å². The van der Waals surface area contributed by atoms with E-state index in [0.29, 0.717) is 0 Å². The van der Waals surface area contributed by atoms with Gasteiger partial charge in [0.2, 0.25) is 0 Å². The number of nitrogens with two attached hydrogens (primary N) is 1. The molecule has 1 aromatic carbocycles. The van der Waals surface area contributed by atoms with Crippen molar-refractivity contribution < 1.29 is 4.39 Å². The second kappa shape index (κ2) is 8.46. The van der Waals surface area contributed by atoms with Crippen LogP contribution in [0.1, 0.15) is 22.5 Å². The Bertz CT molecular complexity index is 722. The zero-order valence-corrected chi connectivity index (χ0v) is 15.5. The van der Waals surface area contributed by atoms with Crippen LogP contribution in [0, 0.1) is 13.8 Å². The number of allylic oxidation sites excluding steroid dienone is 1. The summed E-state index contributed by atoms with van der Waals surface area (Å²) in [6.45, 7) is 4.31. The van der Waals surface area contributed by atoms with Crippen molar-refractivity contribution in [2.24, 2.45) is 5.73 Å². The summed E-state index contributed by atoms with van der Waals surface area (Å²) in [5.74, 6) is -0.251. The largest absolute Gasteiger partial charge is 0.327 e. The molecule has 2 N–H and O–H groups in total. The molecule has 130 valence electrons. The Hall–Kier alpha value is -1.63. The Kier molecular flexibility index (Phi) is 6.60. The lowest BCUT2D eigenvalue weighted by Gasteiger charge is -2.10. The molecule has 0 fully saturated rings. The molecule has 6 heteroatoms. The number of nitrogens with zero attached hydrogens (tertiary/aromatic N) is 3. The minimum Gasteiger partial charge on any atom is -0.327 e. The quantitative estimate of drug-likeness (QED) is 0.778.